The molecule has 0 N–H and O–H groups in total. The van der Waals surface area contributed by atoms with Gasteiger partial charge in [0.2, 0.25) is 0 Å². The molecule has 0 fully saturated rings. The van der Waals surface area contributed by atoms with Gasteiger partial charge in [0.15, 0.2) is 8.85 Å². The number of aryl methyl sites for hydroxylation is 1. The van der Waals surface area contributed by atoms with Crippen LogP contribution >= 0.6 is 34.2 Å². The standard InChI is InChI=1S/C5H3ClINO2/c1-2-3(6)8-4(7)5(9)10-2/h1H3. The van der Waals surface area contributed by atoms with Crippen molar-refractivity contribution in [2.24, 2.45) is 0 Å². The fourth-order valence-electron chi connectivity index (χ4n) is 0.434. The fourth-order valence-corrected chi connectivity index (χ4v) is 1.05. The van der Waals surface area contributed by atoms with Gasteiger partial charge in [-0.1, -0.05) is 11.6 Å². The van der Waals surface area contributed by atoms with Gasteiger partial charge in [-0.05, 0) is 29.5 Å². The summed E-state index contributed by atoms with van der Waals surface area (Å²) in [4.78, 5) is 14.4. The molecule has 0 saturated carbocycles. The third kappa shape index (κ3) is 1.49. The second kappa shape index (κ2) is 2.87. The van der Waals surface area contributed by atoms with Crippen molar-refractivity contribution < 1.29 is 4.42 Å². The SMILES string of the molecule is Cc1oc(=O)c(I)nc1Cl. The Balaban J connectivity index is 3.43. The molecular formula is C5H3ClINO2. The average molecular weight is 271 g/mol. The highest BCUT2D eigenvalue weighted by molar-refractivity contribution is 14.1. The van der Waals surface area contributed by atoms with Crippen molar-refractivity contribution in [1.29, 1.82) is 0 Å². The Hall–Kier alpha value is -0.100. The molecule has 0 bridgehead atoms. The molecule has 0 atom stereocenters. The lowest BCUT2D eigenvalue weighted by Gasteiger charge is -1.92. The Morgan fingerprint density at radius 2 is 2.30 bits per heavy atom. The number of hydrogen-bond acceptors (Lipinski definition) is 3. The summed E-state index contributed by atoms with van der Waals surface area (Å²) in [5.74, 6) is 0.354. The van der Waals surface area contributed by atoms with E-state index in [4.69, 9.17) is 11.6 Å². The molecule has 1 heterocycles. The van der Waals surface area contributed by atoms with Gasteiger partial charge < -0.3 is 4.42 Å². The van der Waals surface area contributed by atoms with Crippen LogP contribution in [0.4, 0.5) is 0 Å². The molecule has 0 aromatic carbocycles. The maximum absolute atomic E-state index is 10.7. The maximum Gasteiger partial charge on any atom is 0.368 e. The first-order valence-electron chi connectivity index (χ1n) is 2.44. The van der Waals surface area contributed by atoms with Crippen LogP contribution in [0.15, 0.2) is 9.21 Å². The van der Waals surface area contributed by atoms with Gasteiger partial charge in [0.1, 0.15) is 5.76 Å². The number of halogens is 2. The predicted octanol–water partition coefficient (Wildman–Crippen LogP) is 1.60. The van der Waals surface area contributed by atoms with Crippen LogP contribution in [0.5, 0.6) is 0 Å². The molecule has 0 radical (unpaired) electrons. The normalized spacial score (nSPS) is 9.90. The quantitative estimate of drug-likeness (QED) is 0.673. The second-order valence-corrected chi connectivity index (χ2v) is 3.02. The summed E-state index contributed by atoms with van der Waals surface area (Å²) in [6.07, 6.45) is 0. The molecule has 0 aliphatic rings. The lowest BCUT2D eigenvalue weighted by atomic mass is 10.6. The third-order valence-electron chi connectivity index (χ3n) is 0.901. The Morgan fingerprint density at radius 1 is 1.70 bits per heavy atom. The minimum atomic E-state index is -0.442. The van der Waals surface area contributed by atoms with E-state index < -0.39 is 5.63 Å². The average Bonchev–Trinajstić information content (AvgIpc) is 1.84. The smallest absolute Gasteiger partial charge is 0.368 e. The molecule has 54 valence electrons. The summed E-state index contributed by atoms with van der Waals surface area (Å²) < 4.78 is 4.94. The van der Waals surface area contributed by atoms with Crippen molar-refractivity contribution in [3.8, 4) is 0 Å². The van der Waals surface area contributed by atoms with Gasteiger partial charge in [-0.3, -0.25) is 0 Å². The zero-order valence-corrected chi connectivity index (χ0v) is 7.93. The van der Waals surface area contributed by atoms with Crippen molar-refractivity contribution in [3.63, 3.8) is 0 Å². The lowest BCUT2D eigenvalue weighted by molar-refractivity contribution is 0.467. The van der Waals surface area contributed by atoms with Crippen LogP contribution < -0.4 is 5.63 Å². The van der Waals surface area contributed by atoms with Gasteiger partial charge >= 0.3 is 5.63 Å². The molecule has 5 heteroatoms. The molecule has 0 saturated heterocycles. The molecule has 0 aliphatic heterocycles. The molecule has 10 heavy (non-hydrogen) atoms. The molecule has 1 aromatic rings. The first kappa shape index (κ1) is 8.00. The van der Waals surface area contributed by atoms with Crippen LogP contribution in [0.25, 0.3) is 0 Å². The van der Waals surface area contributed by atoms with Crippen LogP contribution in [0.3, 0.4) is 0 Å². The third-order valence-corrected chi connectivity index (χ3v) is 1.93. The van der Waals surface area contributed by atoms with E-state index in [0.29, 0.717) is 5.76 Å². The minimum Gasteiger partial charge on any atom is -0.423 e. The van der Waals surface area contributed by atoms with Crippen LogP contribution in [-0.4, -0.2) is 4.98 Å². The highest BCUT2D eigenvalue weighted by atomic mass is 127. The maximum atomic E-state index is 10.7. The summed E-state index contributed by atoms with van der Waals surface area (Å²) in [5, 5.41) is 0.240. The van der Waals surface area contributed by atoms with Gasteiger partial charge in [-0.15, -0.1) is 0 Å². The number of hydrogen-bond donors (Lipinski definition) is 0. The Labute approximate surface area is 75.5 Å². The number of rotatable bonds is 0. The van der Waals surface area contributed by atoms with Crippen LogP contribution in [0, 0.1) is 10.6 Å². The summed E-state index contributed by atoms with van der Waals surface area (Å²) >= 11 is 7.30. The summed E-state index contributed by atoms with van der Waals surface area (Å²) in [5.41, 5.74) is -0.442. The van der Waals surface area contributed by atoms with Crippen molar-refractivity contribution >= 4 is 34.2 Å². The Morgan fingerprint density at radius 3 is 2.80 bits per heavy atom. The van der Waals surface area contributed by atoms with Crippen molar-refractivity contribution in [2.45, 2.75) is 6.92 Å². The largest absolute Gasteiger partial charge is 0.423 e. The van der Waals surface area contributed by atoms with E-state index in [-0.39, 0.29) is 8.85 Å². The van der Waals surface area contributed by atoms with Crippen LogP contribution in [0.2, 0.25) is 5.15 Å². The van der Waals surface area contributed by atoms with E-state index in [1.54, 1.807) is 29.5 Å². The van der Waals surface area contributed by atoms with Crippen molar-refractivity contribution in [3.05, 3.63) is 25.0 Å². The van der Waals surface area contributed by atoms with Gasteiger partial charge in [0.05, 0.1) is 0 Å². The molecule has 3 nitrogen and oxygen atoms in total. The summed E-state index contributed by atoms with van der Waals surface area (Å²) in [7, 11) is 0. The lowest BCUT2D eigenvalue weighted by Crippen LogP contribution is -2.06. The van der Waals surface area contributed by atoms with Gasteiger partial charge in [0.25, 0.3) is 0 Å². The van der Waals surface area contributed by atoms with E-state index in [9.17, 15) is 4.79 Å². The van der Waals surface area contributed by atoms with E-state index in [1.807, 2.05) is 0 Å². The van der Waals surface area contributed by atoms with Crippen molar-refractivity contribution in [2.75, 3.05) is 0 Å². The number of aromatic nitrogens is 1. The van der Waals surface area contributed by atoms with E-state index in [0.717, 1.165) is 0 Å². The summed E-state index contributed by atoms with van der Waals surface area (Å²) in [6.45, 7) is 1.59. The Bertz CT molecular complexity index is 309. The highest BCUT2D eigenvalue weighted by Crippen LogP contribution is 2.09. The van der Waals surface area contributed by atoms with Crippen molar-refractivity contribution in [1.82, 2.24) is 4.98 Å². The fraction of sp³-hybridized carbons (Fsp3) is 0.200. The zero-order chi connectivity index (χ0) is 7.72. The topological polar surface area (TPSA) is 43.1 Å². The highest BCUT2D eigenvalue weighted by Gasteiger charge is 2.03. The first-order valence-corrected chi connectivity index (χ1v) is 3.89. The molecule has 0 aliphatic carbocycles. The summed E-state index contributed by atoms with van der Waals surface area (Å²) in [6, 6.07) is 0. The molecule has 0 amide bonds. The zero-order valence-electron chi connectivity index (χ0n) is 5.02. The minimum absolute atomic E-state index is 0.240. The Kier molecular flexibility index (Phi) is 2.30. The molecular weight excluding hydrogens is 268 g/mol. The van der Waals surface area contributed by atoms with E-state index >= 15 is 0 Å². The van der Waals surface area contributed by atoms with Gasteiger partial charge in [0, 0.05) is 0 Å². The van der Waals surface area contributed by atoms with Gasteiger partial charge in [-0.25, -0.2) is 9.78 Å². The van der Waals surface area contributed by atoms with Crippen LogP contribution in [0.1, 0.15) is 5.76 Å². The molecule has 1 aromatic heterocycles. The predicted molar refractivity (Wildman–Crippen MR) is 45.2 cm³/mol. The second-order valence-electron chi connectivity index (χ2n) is 1.64. The van der Waals surface area contributed by atoms with Gasteiger partial charge in [-0.2, -0.15) is 0 Å². The molecule has 0 spiro atoms. The first-order chi connectivity index (χ1) is 4.61. The van der Waals surface area contributed by atoms with E-state index in [2.05, 4.69) is 9.40 Å². The van der Waals surface area contributed by atoms with E-state index in [1.165, 1.54) is 0 Å². The molecule has 0 unspecified atom stereocenters. The molecule has 1 rings (SSSR count). The number of nitrogens with zero attached hydrogens (tertiary/aromatic N) is 1. The monoisotopic (exact) mass is 271 g/mol. The van der Waals surface area contributed by atoms with Crippen LogP contribution in [-0.2, 0) is 0 Å².